The van der Waals surface area contributed by atoms with Crippen LogP contribution in [0.1, 0.15) is 31.7 Å². The molecule has 2 amide bonds. The SMILES string of the molecule is CCCC1NC(=O)CCN(Cc2ccnc(OC)c2)C1=O. The molecule has 6 nitrogen and oxygen atoms in total. The van der Waals surface area contributed by atoms with E-state index in [-0.39, 0.29) is 11.8 Å². The van der Waals surface area contributed by atoms with Crippen molar-refractivity contribution in [3.05, 3.63) is 23.9 Å². The highest BCUT2D eigenvalue weighted by atomic mass is 16.5. The van der Waals surface area contributed by atoms with Gasteiger partial charge in [-0.3, -0.25) is 9.59 Å². The van der Waals surface area contributed by atoms with E-state index in [1.165, 1.54) is 0 Å². The molecular weight excluding hydrogens is 270 g/mol. The van der Waals surface area contributed by atoms with E-state index in [1.807, 2.05) is 19.1 Å². The van der Waals surface area contributed by atoms with E-state index in [0.29, 0.717) is 31.8 Å². The van der Waals surface area contributed by atoms with Crippen molar-refractivity contribution >= 4 is 11.8 Å². The molecule has 1 aliphatic heterocycles. The molecule has 1 unspecified atom stereocenters. The molecule has 1 fully saturated rings. The van der Waals surface area contributed by atoms with Gasteiger partial charge in [-0.1, -0.05) is 13.3 Å². The summed E-state index contributed by atoms with van der Waals surface area (Å²) < 4.78 is 5.09. The van der Waals surface area contributed by atoms with E-state index >= 15 is 0 Å². The first-order valence-corrected chi connectivity index (χ1v) is 7.21. The van der Waals surface area contributed by atoms with Crippen molar-refractivity contribution in [2.75, 3.05) is 13.7 Å². The van der Waals surface area contributed by atoms with E-state index in [0.717, 1.165) is 12.0 Å². The number of pyridine rings is 1. The molecule has 0 aliphatic carbocycles. The Hall–Kier alpha value is -2.11. The first-order chi connectivity index (χ1) is 10.1. The monoisotopic (exact) mass is 291 g/mol. The lowest BCUT2D eigenvalue weighted by atomic mass is 10.1. The van der Waals surface area contributed by atoms with Gasteiger partial charge in [0.15, 0.2) is 0 Å². The van der Waals surface area contributed by atoms with Crippen LogP contribution in [0.25, 0.3) is 0 Å². The second kappa shape index (κ2) is 7.06. The molecule has 1 aromatic heterocycles. The van der Waals surface area contributed by atoms with Gasteiger partial charge in [-0.05, 0) is 18.1 Å². The lowest BCUT2D eigenvalue weighted by Gasteiger charge is -2.24. The Labute approximate surface area is 124 Å². The van der Waals surface area contributed by atoms with Gasteiger partial charge in [0.05, 0.1) is 7.11 Å². The highest BCUT2D eigenvalue weighted by Crippen LogP contribution is 2.15. The van der Waals surface area contributed by atoms with Crippen molar-refractivity contribution in [1.82, 2.24) is 15.2 Å². The van der Waals surface area contributed by atoms with Crippen molar-refractivity contribution in [2.24, 2.45) is 0 Å². The predicted molar refractivity (Wildman–Crippen MR) is 77.7 cm³/mol. The fraction of sp³-hybridized carbons (Fsp3) is 0.533. The third-order valence-corrected chi connectivity index (χ3v) is 3.51. The topological polar surface area (TPSA) is 71.5 Å². The number of amides is 2. The number of nitrogens with one attached hydrogen (secondary N) is 1. The number of rotatable bonds is 5. The fourth-order valence-corrected chi connectivity index (χ4v) is 2.42. The smallest absolute Gasteiger partial charge is 0.245 e. The van der Waals surface area contributed by atoms with Crippen LogP contribution in [0.3, 0.4) is 0 Å². The van der Waals surface area contributed by atoms with E-state index in [1.54, 1.807) is 18.2 Å². The molecule has 21 heavy (non-hydrogen) atoms. The number of carbonyl (C=O) groups excluding carboxylic acids is 2. The minimum absolute atomic E-state index is 0.0153. The van der Waals surface area contributed by atoms with Crippen molar-refractivity contribution < 1.29 is 14.3 Å². The highest BCUT2D eigenvalue weighted by Gasteiger charge is 2.29. The number of ether oxygens (including phenoxy) is 1. The molecule has 2 heterocycles. The lowest BCUT2D eigenvalue weighted by Crippen LogP contribution is -2.44. The number of carbonyl (C=O) groups is 2. The Kier molecular flexibility index (Phi) is 5.14. The zero-order chi connectivity index (χ0) is 15.2. The third kappa shape index (κ3) is 3.93. The van der Waals surface area contributed by atoms with Gasteiger partial charge >= 0.3 is 0 Å². The number of nitrogens with zero attached hydrogens (tertiary/aromatic N) is 2. The van der Waals surface area contributed by atoms with Crippen LogP contribution < -0.4 is 10.1 Å². The molecule has 0 bridgehead atoms. The summed E-state index contributed by atoms with van der Waals surface area (Å²) in [6, 6.07) is 3.25. The van der Waals surface area contributed by atoms with Crippen molar-refractivity contribution in [2.45, 2.75) is 38.8 Å². The third-order valence-electron chi connectivity index (χ3n) is 3.51. The molecule has 0 spiro atoms. The zero-order valence-corrected chi connectivity index (χ0v) is 12.5. The summed E-state index contributed by atoms with van der Waals surface area (Å²) in [6.45, 7) is 2.91. The van der Waals surface area contributed by atoms with Gasteiger partial charge in [-0.2, -0.15) is 0 Å². The van der Waals surface area contributed by atoms with Gasteiger partial charge in [-0.15, -0.1) is 0 Å². The largest absolute Gasteiger partial charge is 0.481 e. The molecule has 1 saturated heterocycles. The predicted octanol–water partition coefficient (Wildman–Crippen LogP) is 1.11. The average molecular weight is 291 g/mol. The molecule has 1 aliphatic rings. The normalized spacial score (nSPS) is 19.1. The maximum absolute atomic E-state index is 12.5. The molecule has 2 rings (SSSR count). The van der Waals surface area contributed by atoms with Crippen molar-refractivity contribution in [3.63, 3.8) is 0 Å². The maximum Gasteiger partial charge on any atom is 0.245 e. The van der Waals surface area contributed by atoms with Gasteiger partial charge in [0.1, 0.15) is 6.04 Å². The number of hydrogen-bond donors (Lipinski definition) is 1. The quantitative estimate of drug-likeness (QED) is 0.882. The second-order valence-electron chi connectivity index (χ2n) is 5.13. The van der Waals surface area contributed by atoms with Gasteiger partial charge in [-0.25, -0.2) is 4.98 Å². The summed E-state index contributed by atoms with van der Waals surface area (Å²) in [7, 11) is 1.56. The Morgan fingerprint density at radius 2 is 2.29 bits per heavy atom. The van der Waals surface area contributed by atoms with Gasteiger partial charge < -0.3 is 15.0 Å². The van der Waals surface area contributed by atoms with Crippen LogP contribution in [0.15, 0.2) is 18.3 Å². The van der Waals surface area contributed by atoms with Crippen LogP contribution in [0, 0.1) is 0 Å². The molecule has 6 heteroatoms. The van der Waals surface area contributed by atoms with Gasteiger partial charge in [0, 0.05) is 31.8 Å². The number of methoxy groups -OCH3 is 1. The van der Waals surface area contributed by atoms with Crippen LogP contribution in [-0.2, 0) is 16.1 Å². The van der Waals surface area contributed by atoms with E-state index in [9.17, 15) is 9.59 Å². The van der Waals surface area contributed by atoms with Crippen LogP contribution in [-0.4, -0.2) is 41.4 Å². The van der Waals surface area contributed by atoms with E-state index in [2.05, 4.69) is 10.3 Å². The summed E-state index contributed by atoms with van der Waals surface area (Å²) in [5, 5.41) is 2.80. The zero-order valence-electron chi connectivity index (χ0n) is 12.5. The fourth-order valence-electron chi connectivity index (χ4n) is 2.42. The van der Waals surface area contributed by atoms with Crippen molar-refractivity contribution in [3.8, 4) is 5.88 Å². The summed E-state index contributed by atoms with van der Waals surface area (Å²) in [5.74, 6) is 0.448. The first kappa shape index (κ1) is 15.3. The van der Waals surface area contributed by atoms with Crippen LogP contribution in [0.5, 0.6) is 5.88 Å². The van der Waals surface area contributed by atoms with Crippen LogP contribution >= 0.6 is 0 Å². The average Bonchev–Trinajstić information content (AvgIpc) is 2.62. The molecule has 1 atom stereocenters. The summed E-state index contributed by atoms with van der Waals surface area (Å²) in [5.41, 5.74) is 0.944. The summed E-state index contributed by atoms with van der Waals surface area (Å²) in [4.78, 5) is 30.0. The second-order valence-corrected chi connectivity index (χ2v) is 5.13. The Morgan fingerprint density at radius 1 is 1.48 bits per heavy atom. The molecule has 0 radical (unpaired) electrons. The first-order valence-electron chi connectivity index (χ1n) is 7.21. The molecular formula is C15H21N3O3. The lowest BCUT2D eigenvalue weighted by molar-refractivity contribution is -0.134. The van der Waals surface area contributed by atoms with E-state index in [4.69, 9.17) is 4.74 Å². The van der Waals surface area contributed by atoms with Crippen LogP contribution in [0.2, 0.25) is 0 Å². The number of hydrogen-bond acceptors (Lipinski definition) is 4. The summed E-state index contributed by atoms with van der Waals surface area (Å²) in [6.07, 6.45) is 3.52. The van der Waals surface area contributed by atoms with Gasteiger partial charge in [0.25, 0.3) is 0 Å². The molecule has 114 valence electrons. The van der Waals surface area contributed by atoms with Crippen LogP contribution in [0.4, 0.5) is 0 Å². The molecule has 0 saturated carbocycles. The standard InChI is InChI=1S/C15H21N3O3/c1-3-4-12-15(20)18(8-6-13(19)17-12)10-11-5-7-16-14(9-11)21-2/h5,7,9,12H,3-4,6,8,10H2,1-2H3,(H,17,19). The van der Waals surface area contributed by atoms with Gasteiger partial charge in [0.2, 0.25) is 17.7 Å². The van der Waals surface area contributed by atoms with E-state index < -0.39 is 6.04 Å². The Morgan fingerprint density at radius 3 is 3.00 bits per heavy atom. The maximum atomic E-state index is 12.5. The molecule has 1 aromatic rings. The number of aromatic nitrogens is 1. The highest BCUT2D eigenvalue weighted by molar-refractivity contribution is 5.89. The summed E-state index contributed by atoms with van der Waals surface area (Å²) >= 11 is 0. The Balaban J connectivity index is 2.12. The minimum Gasteiger partial charge on any atom is -0.481 e. The molecule has 0 aromatic carbocycles. The Bertz CT molecular complexity index is 519. The molecule has 1 N–H and O–H groups in total. The van der Waals surface area contributed by atoms with Crippen molar-refractivity contribution in [1.29, 1.82) is 0 Å². The minimum atomic E-state index is -0.409.